The van der Waals surface area contributed by atoms with Crippen molar-refractivity contribution in [1.82, 2.24) is 19.7 Å². The lowest BCUT2D eigenvalue weighted by molar-refractivity contribution is 0.616. The number of anilines is 1. The fourth-order valence-electron chi connectivity index (χ4n) is 2.09. The average Bonchev–Trinajstić information content (AvgIpc) is 2.95. The van der Waals surface area contributed by atoms with Crippen LogP contribution in [-0.2, 0) is 13.6 Å². The summed E-state index contributed by atoms with van der Waals surface area (Å²) >= 11 is 5.67. The maximum Gasteiger partial charge on any atom is 0.224 e. The Morgan fingerprint density at radius 2 is 2.14 bits per heavy atom. The van der Waals surface area contributed by atoms with Crippen LogP contribution in [0, 0.1) is 5.82 Å². The van der Waals surface area contributed by atoms with Gasteiger partial charge in [-0.3, -0.25) is 4.68 Å². The molecule has 0 bridgehead atoms. The second kappa shape index (κ2) is 6.11. The quantitative estimate of drug-likeness (QED) is 0.750. The van der Waals surface area contributed by atoms with Crippen molar-refractivity contribution < 1.29 is 4.39 Å². The molecule has 1 N–H and O–H groups in total. The molecule has 2 aromatic heterocycles. The van der Waals surface area contributed by atoms with E-state index < -0.39 is 5.82 Å². The standard InChI is InChI=1S/C15H13ClFN5/c1-22-9-12(7-20-22)11-4-2-3-10(5-11)6-18-14-13(17)8-19-15(16)21-14/h2-5,7-9H,6H2,1H3,(H,18,19,21). The lowest BCUT2D eigenvalue weighted by Crippen LogP contribution is -2.04. The SMILES string of the molecule is Cn1cc(-c2cccc(CNc3nc(Cl)ncc3F)c2)cn1. The summed E-state index contributed by atoms with van der Waals surface area (Å²) in [6.45, 7) is 0.429. The van der Waals surface area contributed by atoms with E-state index in [9.17, 15) is 4.39 Å². The van der Waals surface area contributed by atoms with E-state index in [0.29, 0.717) is 6.54 Å². The molecule has 0 atom stereocenters. The molecule has 112 valence electrons. The number of benzene rings is 1. The second-order valence-electron chi connectivity index (χ2n) is 4.79. The van der Waals surface area contributed by atoms with Gasteiger partial charge in [0.05, 0.1) is 12.4 Å². The van der Waals surface area contributed by atoms with Crippen LogP contribution < -0.4 is 5.32 Å². The molecule has 7 heteroatoms. The van der Waals surface area contributed by atoms with Crippen molar-refractivity contribution in [3.05, 3.63) is 59.5 Å². The Labute approximate surface area is 131 Å². The van der Waals surface area contributed by atoms with Gasteiger partial charge in [-0.05, 0) is 28.8 Å². The summed E-state index contributed by atoms with van der Waals surface area (Å²) in [5.74, 6) is -0.445. The van der Waals surface area contributed by atoms with Crippen LogP contribution in [-0.4, -0.2) is 19.7 Å². The van der Waals surface area contributed by atoms with Crippen molar-refractivity contribution in [2.24, 2.45) is 7.05 Å². The number of nitrogens with zero attached hydrogens (tertiary/aromatic N) is 4. The predicted molar refractivity (Wildman–Crippen MR) is 83.0 cm³/mol. The first kappa shape index (κ1) is 14.5. The van der Waals surface area contributed by atoms with Gasteiger partial charge in [-0.25, -0.2) is 9.37 Å². The number of aryl methyl sites for hydroxylation is 1. The maximum atomic E-state index is 13.6. The van der Waals surface area contributed by atoms with Crippen molar-refractivity contribution in [2.75, 3.05) is 5.32 Å². The van der Waals surface area contributed by atoms with Crippen LogP contribution in [0.25, 0.3) is 11.1 Å². The number of halogens is 2. The largest absolute Gasteiger partial charge is 0.363 e. The molecular formula is C15H13ClFN5. The zero-order valence-corrected chi connectivity index (χ0v) is 12.5. The van der Waals surface area contributed by atoms with E-state index in [0.717, 1.165) is 22.9 Å². The molecule has 3 rings (SSSR count). The normalized spacial score (nSPS) is 10.7. The number of aromatic nitrogens is 4. The summed E-state index contributed by atoms with van der Waals surface area (Å²) in [4.78, 5) is 7.41. The molecule has 0 aliphatic heterocycles. The molecule has 0 aliphatic carbocycles. The molecule has 0 radical (unpaired) electrons. The summed E-state index contributed by atoms with van der Waals surface area (Å²) in [7, 11) is 1.87. The van der Waals surface area contributed by atoms with Gasteiger partial charge in [-0.1, -0.05) is 18.2 Å². The molecule has 0 aliphatic rings. The summed E-state index contributed by atoms with van der Waals surface area (Å²) in [6.07, 6.45) is 4.79. The first-order chi connectivity index (χ1) is 10.6. The van der Waals surface area contributed by atoms with E-state index >= 15 is 0 Å². The summed E-state index contributed by atoms with van der Waals surface area (Å²) in [5, 5.41) is 7.09. The highest BCUT2D eigenvalue weighted by molar-refractivity contribution is 6.28. The van der Waals surface area contributed by atoms with E-state index in [-0.39, 0.29) is 11.1 Å². The van der Waals surface area contributed by atoms with Gasteiger partial charge >= 0.3 is 0 Å². The average molecular weight is 318 g/mol. The first-order valence-electron chi connectivity index (χ1n) is 6.62. The highest BCUT2D eigenvalue weighted by atomic mass is 35.5. The highest BCUT2D eigenvalue weighted by Gasteiger charge is 2.06. The Balaban J connectivity index is 1.77. The van der Waals surface area contributed by atoms with Crippen molar-refractivity contribution in [2.45, 2.75) is 6.54 Å². The molecule has 0 saturated carbocycles. The van der Waals surface area contributed by atoms with Crippen LogP contribution in [0.4, 0.5) is 10.2 Å². The molecule has 1 aromatic carbocycles. The van der Waals surface area contributed by atoms with Gasteiger partial charge in [0.1, 0.15) is 0 Å². The molecular weight excluding hydrogens is 305 g/mol. The smallest absolute Gasteiger partial charge is 0.224 e. The molecule has 0 amide bonds. The van der Waals surface area contributed by atoms with Gasteiger partial charge in [0, 0.05) is 25.4 Å². The van der Waals surface area contributed by atoms with Gasteiger partial charge in [0.25, 0.3) is 0 Å². The molecule has 0 spiro atoms. The Kier molecular flexibility index (Phi) is 4.02. The number of hydrogen-bond donors (Lipinski definition) is 1. The van der Waals surface area contributed by atoms with Gasteiger partial charge < -0.3 is 5.32 Å². The van der Waals surface area contributed by atoms with Crippen LogP contribution in [0.3, 0.4) is 0 Å². The van der Waals surface area contributed by atoms with Crippen LogP contribution in [0.1, 0.15) is 5.56 Å². The number of nitrogens with one attached hydrogen (secondary N) is 1. The van der Waals surface area contributed by atoms with Crippen molar-refractivity contribution in [1.29, 1.82) is 0 Å². The minimum atomic E-state index is -0.534. The van der Waals surface area contributed by atoms with Gasteiger partial charge in [-0.2, -0.15) is 10.1 Å². The zero-order chi connectivity index (χ0) is 15.5. The van der Waals surface area contributed by atoms with Crippen molar-refractivity contribution >= 4 is 17.4 Å². The van der Waals surface area contributed by atoms with Crippen LogP contribution in [0.2, 0.25) is 5.28 Å². The van der Waals surface area contributed by atoms with E-state index in [1.807, 2.05) is 37.5 Å². The maximum absolute atomic E-state index is 13.6. The minimum absolute atomic E-state index is 0.00742. The third kappa shape index (κ3) is 3.23. The molecule has 0 fully saturated rings. The number of hydrogen-bond acceptors (Lipinski definition) is 4. The van der Waals surface area contributed by atoms with E-state index in [4.69, 9.17) is 11.6 Å². The minimum Gasteiger partial charge on any atom is -0.363 e. The van der Waals surface area contributed by atoms with Crippen LogP contribution in [0.15, 0.2) is 42.9 Å². The molecule has 0 saturated heterocycles. The monoisotopic (exact) mass is 317 g/mol. The summed E-state index contributed by atoms with van der Waals surface area (Å²) in [6, 6.07) is 7.92. The summed E-state index contributed by atoms with van der Waals surface area (Å²) < 4.78 is 15.3. The third-order valence-electron chi connectivity index (χ3n) is 3.14. The molecule has 0 unspecified atom stereocenters. The topological polar surface area (TPSA) is 55.6 Å². The third-order valence-corrected chi connectivity index (χ3v) is 3.32. The van der Waals surface area contributed by atoms with E-state index in [1.165, 1.54) is 0 Å². The molecule has 2 heterocycles. The second-order valence-corrected chi connectivity index (χ2v) is 5.13. The number of rotatable bonds is 4. The van der Waals surface area contributed by atoms with E-state index in [2.05, 4.69) is 20.4 Å². The lowest BCUT2D eigenvalue weighted by atomic mass is 10.1. The van der Waals surface area contributed by atoms with Gasteiger partial charge in [0.2, 0.25) is 5.28 Å². The Hall–Kier alpha value is -2.47. The van der Waals surface area contributed by atoms with Gasteiger partial charge in [-0.15, -0.1) is 0 Å². The van der Waals surface area contributed by atoms with Crippen LogP contribution in [0.5, 0.6) is 0 Å². The molecule has 5 nitrogen and oxygen atoms in total. The zero-order valence-electron chi connectivity index (χ0n) is 11.8. The van der Waals surface area contributed by atoms with Crippen molar-refractivity contribution in [3.63, 3.8) is 0 Å². The predicted octanol–water partition coefficient (Wildman–Crippen LogP) is 3.28. The first-order valence-corrected chi connectivity index (χ1v) is 6.99. The Morgan fingerprint density at radius 1 is 1.27 bits per heavy atom. The van der Waals surface area contributed by atoms with E-state index in [1.54, 1.807) is 10.9 Å². The van der Waals surface area contributed by atoms with Crippen LogP contribution >= 0.6 is 11.6 Å². The van der Waals surface area contributed by atoms with Crippen molar-refractivity contribution in [3.8, 4) is 11.1 Å². The molecule has 3 aromatic rings. The Morgan fingerprint density at radius 3 is 2.91 bits per heavy atom. The fourth-order valence-corrected chi connectivity index (χ4v) is 2.22. The molecule has 22 heavy (non-hydrogen) atoms. The Bertz CT molecular complexity index is 802. The lowest BCUT2D eigenvalue weighted by Gasteiger charge is -2.08. The summed E-state index contributed by atoms with van der Waals surface area (Å²) in [5.41, 5.74) is 3.07. The fraction of sp³-hybridized carbons (Fsp3) is 0.133. The highest BCUT2D eigenvalue weighted by Crippen LogP contribution is 2.20. The van der Waals surface area contributed by atoms with Gasteiger partial charge in [0.15, 0.2) is 11.6 Å².